The zero-order valence-electron chi connectivity index (χ0n) is 18.7. The second-order valence-corrected chi connectivity index (χ2v) is 9.97. The van der Waals surface area contributed by atoms with E-state index in [0.29, 0.717) is 18.6 Å². The van der Waals surface area contributed by atoms with Crippen LogP contribution in [0, 0.1) is 0 Å². The molecule has 1 aliphatic heterocycles. The van der Waals surface area contributed by atoms with Crippen LogP contribution in [0.2, 0.25) is 0 Å². The molecule has 4 rings (SSSR count). The van der Waals surface area contributed by atoms with Crippen molar-refractivity contribution in [1.82, 2.24) is 9.62 Å². The normalized spacial score (nSPS) is 18.2. The highest BCUT2D eigenvalue weighted by Gasteiger charge is 2.37. The Morgan fingerprint density at radius 3 is 2.44 bits per heavy atom. The van der Waals surface area contributed by atoms with Crippen molar-refractivity contribution in [3.8, 4) is 5.75 Å². The molecule has 0 unspecified atom stereocenters. The van der Waals surface area contributed by atoms with E-state index in [0.717, 1.165) is 10.8 Å². The number of carboxylic acid groups (broad SMARTS) is 1. The first-order valence-electron chi connectivity index (χ1n) is 11.0. The van der Waals surface area contributed by atoms with E-state index in [2.05, 4.69) is 4.72 Å². The number of hydrogen-bond donors (Lipinski definition) is 2. The lowest BCUT2D eigenvalue weighted by atomic mass is 10.1. The van der Waals surface area contributed by atoms with Gasteiger partial charge in [0, 0.05) is 19.0 Å². The summed E-state index contributed by atoms with van der Waals surface area (Å²) >= 11 is 0. The SMILES string of the molecule is CCC(=O)N1C[C@@H](NS(=O)(=O)c2ccc3ccccc3c2)C[C@H]1COc1ccc(C(=O)O)cc1. The Morgan fingerprint density at radius 2 is 1.76 bits per heavy atom. The molecule has 0 aromatic heterocycles. The number of hydrogen-bond acceptors (Lipinski definition) is 5. The van der Waals surface area contributed by atoms with Crippen molar-refractivity contribution in [3.63, 3.8) is 0 Å². The largest absolute Gasteiger partial charge is 0.491 e. The van der Waals surface area contributed by atoms with Gasteiger partial charge in [-0.15, -0.1) is 0 Å². The number of sulfonamides is 1. The van der Waals surface area contributed by atoms with Gasteiger partial charge in [0.05, 0.1) is 16.5 Å². The molecule has 0 spiro atoms. The number of ether oxygens (including phenoxy) is 1. The first-order chi connectivity index (χ1) is 16.3. The van der Waals surface area contributed by atoms with E-state index < -0.39 is 22.0 Å². The van der Waals surface area contributed by atoms with Gasteiger partial charge in [0.2, 0.25) is 15.9 Å². The topological polar surface area (TPSA) is 113 Å². The van der Waals surface area contributed by atoms with Crippen molar-refractivity contribution >= 4 is 32.7 Å². The number of carboxylic acids is 1. The number of likely N-dealkylation sites (tertiary alicyclic amines) is 1. The zero-order valence-corrected chi connectivity index (χ0v) is 19.5. The molecule has 0 radical (unpaired) electrons. The molecular formula is C25H26N2O6S. The summed E-state index contributed by atoms with van der Waals surface area (Å²) < 4.78 is 34.7. The highest BCUT2D eigenvalue weighted by Crippen LogP contribution is 2.24. The summed E-state index contributed by atoms with van der Waals surface area (Å²) in [5.41, 5.74) is 0.152. The number of benzene rings is 3. The average Bonchev–Trinajstić information content (AvgIpc) is 3.24. The molecule has 178 valence electrons. The van der Waals surface area contributed by atoms with Crippen molar-refractivity contribution in [2.75, 3.05) is 13.2 Å². The highest BCUT2D eigenvalue weighted by molar-refractivity contribution is 7.89. The molecule has 1 heterocycles. The van der Waals surface area contributed by atoms with Gasteiger partial charge in [0.25, 0.3) is 0 Å². The van der Waals surface area contributed by atoms with E-state index in [1.54, 1.807) is 42.2 Å². The lowest BCUT2D eigenvalue weighted by molar-refractivity contribution is -0.132. The number of carbonyl (C=O) groups is 2. The second kappa shape index (κ2) is 9.82. The van der Waals surface area contributed by atoms with Gasteiger partial charge in [-0.2, -0.15) is 0 Å². The van der Waals surface area contributed by atoms with Crippen LogP contribution in [-0.2, 0) is 14.8 Å². The third-order valence-electron chi connectivity index (χ3n) is 5.93. The van der Waals surface area contributed by atoms with Crippen molar-refractivity contribution in [1.29, 1.82) is 0 Å². The van der Waals surface area contributed by atoms with Crippen LogP contribution in [0.4, 0.5) is 0 Å². The fraction of sp³-hybridized carbons (Fsp3) is 0.280. The monoisotopic (exact) mass is 482 g/mol. The molecule has 0 bridgehead atoms. The molecule has 34 heavy (non-hydrogen) atoms. The Balaban J connectivity index is 1.46. The minimum atomic E-state index is -3.78. The first-order valence-corrected chi connectivity index (χ1v) is 12.5. The fourth-order valence-corrected chi connectivity index (χ4v) is 5.45. The molecular weight excluding hydrogens is 456 g/mol. The van der Waals surface area contributed by atoms with Gasteiger partial charge in [-0.05, 0) is 53.6 Å². The predicted octanol–water partition coefficient (Wildman–Crippen LogP) is 3.27. The molecule has 2 atom stereocenters. The van der Waals surface area contributed by atoms with Crippen LogP contribution in [0.1, 0.15) is 30.1 Å². The van der Waals surface area contributed by atoms with Gasteiger partial charge in [-0.3, -0.25) is 4.79 Å². The minimum Gasteiger partial charge on any atom is -0.491 e. The minimum absolute atomic E-state index is 0.0813. The maximum absolute atomic E-state index is 13.1. The van der Waals surface area contributed by atoms with E-state index in [4.69, 9.17) is 9.84 Å². The number of aromatic carboxylic acids is 1. The van der Waals surface area contributed by atoms with E-state index in [-0.39, 0.29) is 35.6 Å². The molecule has 0 aliphatic carbocycles. The molecule has 1 saturated heterocycles. The third kappa shape index (κ3) is 5.21. The molecule has 8 nitrogen and oxygen atoms in total. The Bertz CT molecular complexity index is 1310. The lowest BCUT2D eigenvalue weighted by Crippen LogP contribution is -2.40. The Morgan fingerprint density at radius 1 is 1.06 bits per heavy atom. The average molecular weight is 483 g/mol. The summed E-state index contributed by atoms with van der Waals surface area (Å²) in [4.78, 5) is 25.3. The third-order valence-corrected chi connectivity index (χ3v) is 7.45. The standard InChI is InChI=1S/C25H26N2O6S/c1-2-24(28)27-15-20(14-21(27)16-33-22-10-7-18(8-11-22)25(29)30)26-34(31,32)23-12-9-17-5-3-4-6-19(17)13-23/h3-13,20-21,26H,2,14-16H2,1H3,(H,29,30)/t20-,21-/m0/s1. The summed E-state index contributed by atoms with van der Waals surface area (Å²) in [6.07, 6.45) is 0.708. The van der Waals surface area contributed by atoms with Crippen LogP contribution in [0.3, 0.4) is 0 Å². The number of nitrogens with zero attached hydrogens (tertiary/aromatic N) is 1. The maximum atomic E-state index is 13.1. The van der Waals surface area contributed by atoms with Crippen LogP contribution < -0.4 is 9.46 Å². The maximum Gasteiger partial charge on any atom is 0.335 e. The summed E-state index contributed by atoms with van der Waals surface area (Å²) in [6.45, 7) is 2.19. The van der Waals surface area contributed by atoms with Crippen molar-refractivity contribution < 1.29 is 27.9 Å². The second-order valence-electron chi connectivity index (χ2n) is 8.26. The molecule has 0 saturated carbocycles. The lowest BCUT2D eigenvalue weighted by Gasteiger charge is -2.24. The van der Waals surface area contributed by atoms with Crippen LogP contribution in [0.5, 0.6) is 5.75 Å². The van der Waals surface area contributed by atoms with Crippen molar-refractivity contribution in [2.45, 2.75) is 36.7 Å². The molecule has 3 aromatic rings. The summed E-state index contributed by atoms with van der Waals surface area (Å²) in [5, 5.41) is 10.8. The van der Waals surface area contributed by atoms with Crippen LogP contribution in [0.25, 0.3) is 10.8 Å². The van der Waals surface area contributed by atoms with Gasteiger partial charge in [-0.1, -0.05) is 37.3 Å². The number of nitrogens with one attached hydrogen (secondary N) is 1. The summed E-state index contributed by atoms with van der Waals surface area (Å²) in [6, 6.07) is 17.8. The molecule has 1 fully saturated rings. The quantitative estimate of drug-likeness (QED) is 0.510. The van der Waals surface area contributed by atoms with E-state index >= 15 is 0 Å². The first kappa shape index (κ1) is 23.7. The van der Waals surface area contributed by atoms with Crippen molar-refractivity contribution in [2.24, 2.45) is 0 Å². The zero-order chi connectivity index (χ0) is 24.3. The number of fused-ring (bicyclic) bond motifs is 1. The summed E-state index contributed by atoms with van der Waals surface area (Å²) in [5.74, 6) is -0.625. The van der Waals surface area contributed by atoms with Gasteiger partial charge < -0.3 is 14.7 Å². The van der Waals surface area contributed by atoms with Gasteiger partial charge in [0.1, 0.15) is 12.4 Å². The van der Waals surface area contributed by atoms with Gasteiger partial charge in [0.15, 0.2) is 0 Å². The fourth-order valence-electron chi connectivity index (χ4n) is 4.18. The smallest absolute Gasteiger partial charge is 0.335 e. The van der Waals surface area contributed by atoms with E-state index in [1.807, 2.05) is 24.3 Å². The van der Waals surface area contributed by atoms with E-state index in [1.165, 1.54) is 12.1 Å². The predicted molar refractivity (Wildman–Crippen MR) is 127 cm³/mol. The molecule has 1 aliphatic rings. The highest BCUT2D eigenvalue weighted by atomic mass is 32.2. The Kier molecular flexibility index (Phi) is 6.85. The number of amides is 1. The van der Waals surface area contributed by atoms with Gasteiger partial charge in [-0.25, -0.2) is 17.9 Å². The molecule has 2 N–H and O–H groups in total. The van der Waals surface area contributed by atoms with Gasteiger partial charge >= 0.3 is 5.97 Å². The van der Waals surface area contributed by atoms with Crippen LogP contribution in [0.15, 0.2) is 71.6 Å². The Hall–Kier alpha value is -3.43. The van der Waals surface area contributed by atoms with Crippen molar-refractivity contribution in [3.05, 3.63) is 72.3 Å². The Labute approximate surface area is 198 Å². The molecule has 1 amide bonds. The number of rotatable bonds is 8. The molecule has 3 aromatic carbocycles. The summed E-state index contributed by atoms with van der Waals surface area (Å²) in [7, 11) is -3.78. The number of carbonyl (C=O) groups excluding carboxylic acids is 1. The van der Waals surface area contributed by atoms with Crippen LogP contribution in [-0.4, -0.2) is 55.5 Å². The molecule has 9 heteroatoms. The van der Waals surface area contributed by atoms with Crippen LogP contribution >= 0.6 is 0 Å². The van der Waals surface area contributed by atoms with E-state index in [9.17, 15) is 18.0 Å².